The van der Waals surface area contributed by atoms with Crippen molar-refractivity contribution in [2.75, 3.05) is 25.5 Å². The van der Waals surface area contributed by atoms with E-state index in [0.717, 1.165) is 11.3 Å². The van der Waals surface area contributed by atoms with Gasteiger partial charge in [0.1, 0.15) is 5.76 Å². The van der Waals surface area contributed by atoms with Gasteiger partial charge < -0.3 is 14.2 Å². The van der Waals surface area contributed by atoms with E-state index in [1.807, 2.05) is 32.8 Å². The van der Waals surface area contributed by atoms with Crippen molar-refractivity contribution in [2.24, 2.45) is 0 Å². The van der Waals surface area contributed by atoms with Gasteiger partial charge in [-0.3, -0.25) is 4.79 Å². The Labute approximate surface area is 126 Å². The van der Waals surface area contributed by atoms with Crippen LogP contribution >= 0.6 is 0 Å². The molecule has 2 rings (SSSR count). The van der Waals surface area contributed by atoms with Crippen molar-refractivity contribution in [2.45, 2.75) is 20.4 Å². The number of hydrogen-bond acceptors (Lipinski definition) is 3. The van der Waals surface area contributed by atoms with Crippen molar-refractivity contribution in [3.8, 4) is 0 Å². The van der Waals surface area contributed by atoms with Gasteiger partial charge in [0, 0.05) is 32.9 Å². The molecule has 112 valence electrons. The SMILES string of the molecule is CCN(Cc1ccc(N(C)C)cc1)C(=O)c1ccoc1C. The summed E-state index contributed by atoms with van der Waals surface area (Å²) < 4.78 is 5.22. The largest absolute Gasteiger partial charge is 0.469 e. The average molecular weight is 286 g/mol. The number of amides is 1. The Morgan fingerprint density at radius 3 is 2.29 bits per heavy atom. The van der Waals surface area contributed by atoms with Crippen LogP contribution in [0.15, 0.2) is 41.0 Å². The van der Waals surface area contributed by atoms with Gasteiger partial charge in [0.05, 0.1) is 11.8 Å². The van der Waals surface area contributed by atoms with Gasteiger partial charge in [0.15, 0.2) is 0 Å². The van der Waals surface area contributed by atoms with Crippen LogP contribution in [-0.4, -0.2) is 31.4 Å². The molecule has 1 aromatic carbocycles. The van der Waals surface area contributed by atoms with Crippen molar-refractivity contribution < 1.29 is 9.21 Å². The van der Waals surface area contributed by atoms with E-state index in [9.17, 15) is 4.79 Å². The maximum absolute atomic E-state index is 12.5. The predicted molar refractivity (Wildman–Crippen MR) is 84.6 cm³/mol. The zero-order chi connectivity index (χ0) is 15.4. The number of rotatable bonds is 5. The smallest absolute Gasteiger partial charge is 0.257 e. The molecular weight excluding hydrogens is 264 g/mol. The first-order valence-electron chi connectivity index (χ1n) is 7.12. The molecular formula is C17H22N2O2. The topological polar surface area (TPSA) is 36.7 Å². The molecule has 21 heavy (non-hydrogen) atoms. The summed E-state index contributed by atoms with van der Waals surface area (Å²) in [4.78, 5) is 16.4. The molecule has 0 radical (unpaired) electrons. The van der Waals surface area contributed by atoms with Gasteiger partial charge >= 0.3 is 0 Å². The fourth-order valence-corrected chi connectivity index (χ4v) is 2.22. The van der Waals surface area contributed by atoms with Crippen molar-refractivity contribution in [3.63, 3.8) is 0 Å². The van der Waals surface area contributed by atoms with Crippen LogP contribution in [0.5, 0.6) is 0 Å². The fourth-order valence-electron chi connectivity index (χ4n) is 2.22. The normalized spacial score (nSPS) is 10.5. The minimum Gasteiger partial charge on any atom is -0.469 e. The summed E-state index contributed by atoms with van der Waals surface area (Å²) in [6.07, 6.45) is 1.56. The van der Waals surface area contributed by atoms with Gasteiger partial charge in [-0.1, -0.05) is 12.1 Å². The zero-order valence-corrected chi connectivity index (χ0v) is 13.1. The summed E-state index contributed by atoms with van der Waals surface area (Å²) in [6, 6.07) is 9.99. The minimum absolute atomic E-state index is 0.0143. The van der Waals surface area contributed by atoms with E-state index in [1.165, 1.54) is 0 Å². The van der Waals surface area contributed by atoms with Crippen molar-refractivity contribution >= 4 is 11.6 Å². The predicted octanol–water partition coefficient (Wildman–Crippen LogP) is 3.32. The van der Waals surface area contributed by atoms with Crippen molar-refractivity contribution in [1.82, 2.24) is 4.90 Å². The highest BCUT2D eigenvalue weighted by molar-refractivity contribution is 5.95. The summed E-state index contributed by atoms with van der Waals surface area (Å²) >= 11 is 0. The van der Waals surface area contributed by atoms with E-state index in [-0.39, 0.29) is 5.91 Å². The van der Waals surface area contributed by atoms with Crippen LogP contribution in [0.25, 0.3) is 0 Å². The Kier molecular flexibility index (Phi) is 4.68. The first-order valence-corrected chi connectivity index (χ1v) is 7.12. The van der Waals surface area contributed by atoms with Gasteiger partial charge in [0.2, 0.25) is 0 Å². The lowest BCUT2D eigenvalue weighted by Crippen LogP contribution is -2.30. The molecule has 0 aliphatic heterocycles. The number of nitrogens with zero attached hydrogens (tertiary/aromatic N) is 2. The van der Waals surface area contributed by atoms with Gasteiger partial charge in [-0.15, -0.1) is 0 Å². The Balaban J connectivity index is 2.12. The van der Waals surface area contributed by atoms with E-state index < -0.39 is 0 Å². The first-order chi connectivity index (χ1) is 10.0. The quantitative estimate of drug-likeness (QED) is 0.846. The second kappa shape index (κ2) is 6.48. The maximum Gasteiger partial charge on any atom is 0.257 e. The number of carbonyl (C=O) groups excluding carboxylic acids is 1. The lowest BCUT2D eigenvalue weighted by molar-refractivity contribution is 0.0751. The third-order valence-electron chi connectivity index (χ3n) is 3.58. The Bertz CT molecular complexity index is 600. The molecule has 1 amide bonds. The standard InChI is InChI=1S/C17H22N2O2/c1-5-19(17(20)16-10-11-21-13(16)2)12-14-6-8-15(9-7-14)18(3)4/h6-11H,5,12H2,1-4H3. The van der Waals surface area contributed by atoms with Gasteiger partial charge in [-0.2, -0.15) is 0 Å². The fraction of sp³-hybridized carbons (Fsp3) is 0.353. The van der Waals surface area contributed by atoms with E-state index in [0.29, 0.717) is 24.4 Å². The molecule has 0 aliphatic rings. The molecule has 0 spiro atoms. The van der Waals surface area contributed by atoms with Gasteiger partial charge in [0.25, 0.3) is 5.91 Å². The highest BCUT2D eigenvalue weighted by Crippen LogP contribution is 2.17. The second-order valence-electron chi connectivity index (χ2n) is 5.27. The number of furan rings is 1. The van der Waals surface area contributed by atoms with Crippen LogP contribution in [0, 0.1) is 6.92 Å². The summed E-state index contributed by atoms with van der Waals surface area (Å²) in [5.74, 6) is 0.682. The van der Waals surface area contributed by atoms with E-state index >= 15 is 0 Å². The van der Waals surface area contributed by atoms with E-state index in [1.54, 1.807) is 12.3 Å². The molecule has 0 atom stereocenters. The highest BCUT2D eigenvalue weighted by atomic mass is 16.3. The molecule has 2 aromatic rings. The Morgan fingerprint density at radius 2 is 1.81 bits per heavy atom. The van der Waals surface area contributed by atoms with Crippen LogP contribution in [0.4, 0.5) is 5.69 Å². The number of aryl methyl sites for hydroxylation is 1. The molecule has 0 unspecified atom stereocenters. The van der Waals surface area contributed by atoms with Crippen LogP contribution in [0.2, 0.25) is 0 Å². The molecule has 0 N–H and O–H groups in total. The Hall–Kier alpha value is -2.23. The molecule has 0 aliphatic carbocycles. The van der Waals surface area contributed by atoms with Crippen molar-refractivity contribution in [1.29, 1.82) is 0 Å². The first kappa shape index (κ1) is 15.2. The van der Waals surface area contributed by atoms with Crippen LogP contribution in [0.1, 0.15) is 28.6 Å². The molecule has 0 saturated carbocycles. The summed E-state index contributed by atoms with van der Waals surface area (Å²) in [5.41, 5.74) is 2.91. The minimum atomic E-state index is 0.0143. The molecule has 0 fully saturated rings. The third kappa shape index (κ3) is 3.45. The van der Waals surface area contributed by atoms with Crippen molar-refractivity contribution in [3.05, 3.63) is 53.5 Å². The number of carbonyl (C=O) groups is 1. The lowest BCUT2D eigenvalue weighted by Gasteiger charge is -2.21. The Morgan fingerprint density at radius 1 is 1.14 bits per heavy atom. The molecule has 1 aromatic heterocycles. The highest BCUT2D eigenvalue weighted by Gasteiger charge is 2.18. The van der Waals surface area contributed by atoms with Crippen LogP contribution in [-0.2, 0) is 6.54 Å². The van der Waals surface area contributed by atoms with E-state index in [4.69, 9.17) is 4.42 Å². The van der Waals surface area contributed by atoms with E-state index in [2.05, 4.69) is 29.2 Å². The number of anilines is 1. The van der Waals surface area contributed by atoms with Gasteiger partial charge in [-0.25, -0.2) is 0 Å². The summed E-state index contributed by atoms with van der Waals surface area (Å²) in [6.45, 7) is 5.07. The summed E-state index contributed by atoms with van der Waals surface area (Å²) in [7, 11) is 4.02. The maximum atomic E-state index is 12.5. The number of benzene rings is 1. The summed E-state index contributed by atoms with van der Waals surface area (Å²) in [5, 5.41) is 0. The third-order valence-corrected chi connectivity index (χ3v) is 3.58. The zero-order valence-electron chi connectivity index (χ0n) is 13.1. The average Bonchev–Trinajstić information content (AvgIpc) is 2.90. The molecule has 1 heterocycles. The van der Waals surface area contributed by atoms with Crippen LogP contribution in [0.3, 0.4) is 0 Å². The lowest BCUT2D eigenvalue weighted by atomic mass is 10.1. The second-order valence-corrected chi connectivity index (χ2v) is 5.27. The monoisotopic (exact) mass is 286 g/mol. The van der Waals surface area contributed by atoms with Crippen LogP contribution < -0.4 is 4.90 Å². The molecule has 4 nitrogen and oxygen atoms in total. The molecule has 0 bridgehead atoms. The molecule has 0 saturated heterocycles. The van der Waals surface area contributed by atoms with Gasteiger partial charge in [-0.05, 0) is 37.6 Å². The number of hydrogen-bond donors (Lipinski definition) is 0. The molecule has 4 heteroatoms.